The molecule has 1 aliphatic heterocycles. The Balaban J connectivity index is 1.89. The van der Waals surface area contributed by atoms with Crippen LogP contribution in [0.3, 0.4) is 0 Å². The summed E-state index contributed by atoms with van der Waals surface area (Å²) in [6, 6.07) is 2.90. The lowest BCUT2D eigenvalue weighted by molar-refractivity contribution is -0.242. The normalized spacial score (nSPS) is 24.7. The van der Waals surface area contributed by atoms with Gasteiger partial charge in [-0.1, -0.05) is 32.8 Å². The van der Waals surface area contributed by atoms with E-state index in [4.69, 9.17) is 14.2 Å². The molecule has 1 saturated heterocycles. The van der Waals surface area contributed by atoms with Gasteiger partial charge in [0.1, 0.15) is 6.61 Å². The van der Waals surface area contributed by atoms with Crippen molar-refractivity contribution in [2.24, 2.45) is 0 Å². The zero-order valence-electron chi connectivity index (χ0n) is 13.5. The van der Waals surface area contributed by atoms with Crippen molar-refractivity contribution < 1.29 is 27.4 Å². The third-order valence-electron chi connectivity index (χ3n) is 3.77. The van der Waals surface area contributed by atoms with Crippen molar-refractivity contribution in [3.05, 3.63) is 29.3 Å². The van der Waals surface area contributed by atoms with Crippen LogP contribution in [-0.4, -0.2) is 31.8 Å². The van der Waals surface area contributed by atoms with Gasteiger partial charge in [0.05, 0.1) is 13.2 Å². The summed E-state index contributed by atoms with van der Waals surface area (Å²) in [6.45, 7) is 3.49. The van der Waals surface area contributed by atoms with Crippen molar-refractivity contribution in [1.29, 1.82) is 0 Å². The molecule has 1 aromatic rings. The number of halogens is 3. The van der Waals surface area contributed by atoms with Crippen molar-refractivity contribution >= 4 is 0 Å². The van der Waals surface area contributed by atoms with E-state index in [1.807, 2.05) is 13.8 Å². The molecule has 1 aromatic carbocycles. The van der Waals surface area contributed by atoms with E-state index in [1.165, 1.54) is 12.1 Å². The van der Waals surface area contributed by atoms with E-state index in [0.29, 0.717) is 24.8 Å². The summed E-state index contributed by atoms with van der Waals surface area (Å²) < 4.78 is 57.7. The maximum atomic E-state index is 14.1. The van der Waals surface area contributed by atoms with Crippen LogP contribution in [0, 0.1) is 11.6 Å². The smallest absolute Gasteiger partial charge is 0.200 e. The van der Waals surface area contributed by atoms with Crippen LogP contribution in [-0.2, 0) is 15.9 Å². The Morgan fingerprint density at radius 3 is 2.43 bits per heavy atom. The lowest BCUT2D eigenvalue weighted by Gasteiger charge is -2.33. The van der Waals surface area contributed by atoms with Gasteiger partial charge in [-0.05, 0) is 24.5 Å². The van der Waals surface area contributed by atoms with Gasteiger partial charge in [-0.25, -0.2) is 8.78 Å². The molecule has 6 heteroatoms. The summed E-state index contributed by atoms with van der Waals surface area (Å²) in [5.74, 6) is -2.10. The number of hydrogen-bond acceptors (Lipinski definition) is 3. The number of benzene rings is 1. The first-order valence-electron chi connectivity index (χ1n) is 8.01. The van der Waals surface area contributed by atoms with E-state index in [9.17, 15) is 13.2 Å². The molecule has 3 nitrogen and oxygen atoms in total. The first-order chi connectivity index (χ1) is 11.0. The van der Waals surface area contributed by atoms with Gasteiger partial charge in [0.25, 0.3) is 0 Å². The Morgan fingerprint density at radius 1 is 1.13 bits per heavy atom. The van der Waals surface area contributed by atoms with Crippen LogP contribution >= 0.6 is 0 Å². The largest absolute Gasteiger partial charge is 0.485 e. The molecule has 2 rings (SSSR count). The predicted octanol–water partition coefficient (Wildman–Crippen LogP) is 4.18. The molecule has 1 aliphatic rings. The average Bonchev–Trinajstić information content (AvgIpc) is 2.53. The van der Waals surface area contributed by atoms with Gasteiger partial charge < -0.3 is 14.2 Å². The Hall–Kier alpha value is -1.27. The molecule has 0 spiro atoms. The first kappa shape index (κ1) is 18.1. The van der Waals surface area contributed by atoms with Gasteiger partial charge in [-0.3, -0.25) is 0 Å². The van der Waals surface area contributed by atoms with Crippen LogP contribution in [0.4, 0.5) is 13.2 Å². The number of aryl methyl sites for hydroxylation is 1. The van der Waals surface area contributed by atoms with Crippen LogP contribution in [0.5, 0.6) is 5.75 Å². The highest BCUT2D eigenvalue weighted by molar-refractivity contribution is 5.31. The molecule has 0 aliphatic carbocycles. The van der Waals surface area contributed by atoms with E-state index in [2.05, 4.69) is 0 Å². The second-order valence-corrected chi connectivity index (χ2v) is 5.86. The van der Waals surface area contributed by atoms with E-state index in [-0.39, 0.29) is 25.6 Å². The molecule has 23 heavy (non-hydrogen) atoms. The fraction of sp³-hybridized carbons (Fsp3) is 0.647. The van der Waals surface area contributed by atoms with Crippen molar-refractivity contribution in [3.8, 4) is 5.75 Å². The van der Waals surface area contributed by atoms with E-state index in [0.717, 1.165) is 6.42 Å². The third-order valence-corrected chi connectivity index (χ3v) is 3.77. The third kappa shape index (κ3) is 4.61. The van der Waals surface area contributed by atoms with Gasteiger partial charge in [0.2, 0.25) is 5.82 Å². The lowest BCUT2D eigenvalue weighted by Crippen LogP contribution is -2.45. The number of hydrogen-bond donors (Lipinski definition) is 0. The molecule has 0 aromatic heterocycles. The van der Waals surface area contributed by atoms with E-state index < -0.39 is 23.6 Å². The molecule has 0 unspecified atom stereocenters. The van der Waals surface area contributed by atoms with Crippen LogP contribution in [0.15, 0.2) is 12.1 Å². The number of ether oxygens (including phenoxy) is 3. The van der Waals surface area contributed by atoms with Crippen LogP contribution < -0.4 is 4.74 Å². The Bertz CT molecular complexity index is 514. The monoisotopic (exact) mass is 332 g/mol. The minimum absolute atomic E-state index is 0.0822. The van der Waals surface area contributed by atoms with Crippen molar-refractivity contribution in [2.75, 3.05) is 19.8 Å². The molecule has 0 amide bonds. The van der Waals surface area contributed by atoms with Crippen LogP contribution in [0.1, 0.15) is 38.7 Å². The highest BCUT2D eigenvalue weighted by Crippen LogP contribution is 2.27. The quantitative estimate of drug-likeness (QED) is 0.750. The van der Waals surface area contributed by atoms with Crippen molar-refractivity contribution in [3.63, 3.8) is 0 Å². The zero-order chi connectivity index (χ0) is 16.9. The topological polar surface area (TPSA) is 27.7 Å². The molecule has 0 bridgehead atoms. The van der Waals surface area contributed by atoms with E-state index >= 15 is 0 Å². The Labute approximate surface area is 134 Å². The molecule has 0 radical (unpaired) electrons. The summed E-state index contributed by atoms with van der Waals surface area (Å²) in [6.07, 6.45) is 1.46. The standard InChI is InChI=1S/C17H23F3O3/c1-3-5-12-6-7-13(16(19)15(12)18)21-9-14-22-10-17(20,8-4-2)11-23-14/h6-7,14H,3-5,8-11H2,1-2H3. The minimum atomic E-state index is -1.48. The van der Waals surface area contributed by atoms with Gasteiger partial charge in [-0.15, -0.1) is 0 Å². The second kappa shape index (κ2) is 8.02. The van der Waals surface area contributed by atoms with Crippen molar-refractivity contribution in [2.45, 2.75) is 51.5 Å². The van der Waals surface area contributed by atoms with Crippen LogP contribution in [0.2, 0.25) is 0 Å². The summed E-state index contributed by atoms with van der Waals surface area (Å²) in [4.78, 5) is 0. The van der Waals surface area contributed by atoms with Crippen LogP contribution in [0.25, 0.3) is 0 Å². The van der Waals surface area contributed by atoms with Gasteiger partial charge in [0, 0.05) is 0 Å². The maximum absolute atomic E-state index is 14.1. The minimum Gasteiger partial charge on any atom is -0.485 e. The molecule has 1 heterocycles. The second-order valence-electron chi connectivity index (χ2n) is 5.86. The highest BCUT2D eigenvalue weighted by atomic mass is 19.2. The first-order valence-corrected chi connectivity index (χ1v) is 8.01. The molecule has 0 N–H and O–H groups in total. The number of rotatable bonds is 7. The highest BCUT2D eigenvalue weighted by Gasteiger charge is 2.36. The van der Waals surface area contributed by atoms with Crippen molar-refractivity contribution in [1.82, 2.24) is 0 Å². The Morgan fingerprint density at radius 2 is 1.83 bits per heavy atom. The molecule has 1 fully saturated rings. The molecular weight excluding hydrogens is 309 g/mol. The fourth-order valence-corrected chi connectivity index (χ4v) is 2.57. The van der Waals surface area contributed by atoms with E-state index in [1.54, 1.807) is 0 Å². The summed E-state index contributed by atoms with van der Waals surface area (Å²) in [5, 5.41) is 0. The van der Waals surface area contributed by atoms with Gasteiger partial charge in [0.15, 0.2) is 23.5 Å². The van der Waals surface area contributed by atoms with Gasteiger partial charge in [-0.2, -0.15) is 4.39 Å². The molecule has 0 atom stereocenters. The molecule has 0 saturated carbocycles. The Kier molecular flexibility index (Phi) is 6.30. The zero-order valence-corrected chi connectivity index (χ0v) is 13.5. The molecule has 130 valence electrons. The summed E-state index contributed by atoms with van der Waals surface area (Å²) >= 11 is 0. The fourth-order valence-electron chi connectivity index (χ4n) is 2.57. The predicted molar refractivity (Wildman–Crippen MR) is 80.3 cm³/mol. The SMILES string of the molecule is CCCc1ccc(OCC2OCC(F)(CCC)CO2)c(F)c1F. The molecular formula is C17H23F3O3. The summed E-state index contributed by atoms with van der Waals surface area (Å²) in [7, 11) is 0. The summed E-state index contributed by atoms with van der Waals surface area (Å²) in [5.41, 5.74) is -1.16. The maximum Gasteiger partial charge on any atom is 0.200 e. The lowest BCUT2D eigenvalue weighted by atomic mass is 10.0. The van der Waals surface area contributed by atoms with Gasteiger partial charge >= 0.3 is 0 Å². The number of alkyl halides is 1. The average molecular weight is 332 g/mol.